The summed E-state index contributed by atoms with van der Waals surface area (Å²) in [7, 11) is 0. The molecule has 0 unspecified atom stereocenters. The number of rotatable bonds is 18. The molecule has 1 nitrogen and oxygen atoms in total. The predicted octanol–water partition coefficient (Wildman–Crippen LogP) is 8.07. The van der Waals surface area contributed by atoms with Crippen LogP contribution in [0.2, 0.25) is 10.6 Å². The van der Waals surface area contributed by atoms with Crippen LogP contribution < -0.4 is 0 Å². The van der Waals surface area contributed by atoms with Crippen molar-refractivity contribution < 1.29 is 4.74 Å². The first-order valence-electron chi connectivity index (χ1n) is 11.2. The van der Waals surface area contributed by atoms with E-state index in [0.717, 1.165) is 28.4 Å². The maximum absolute atomic E-state index is 5.65. The molecule has 2 heteroatoms. The van der Waals surface area contributed by atoms with Crippen LogP contribution in [0.25, 0.3) is 0 Å². The zero-order chi connectivity index (χ0) is 18.1. The number of unbranched alkanes of at least 4 members (excludes halogenated alkanes) is 10. The van der Waals surface area contributed by atoms with E-state index in [2.05, 4.69) is 27.7 Å². The van der Waals surface area contributed by atoms with Crippen LogP contribution >= 0.6 is 0 Å². The molecule has 0 rings (SSSR count). The molecule has 145 valence electrons. The molecule has 0 aromatic rings. The molecule has 0 aliphatic heterocycles. The van der Waals surface area contributed by atoms with Crippen molar-refractivity contribution in [1.82, 2.24) is 0 Å². The van der Waals surface area contributed by atoms with Crippen LogP contribution in [0, 0.1) is 0 Å². The summed E-state index contributed by atoms with van der Waals surface area (Å²) in [5, 5.41) is 3.02. The smallest absolute Gasteiger partial charge is 0.199 e. The first-order chi connectivity index (χ1) is 11.8. The van der Waals surface area contributed by atoms with E-state index in [4.69, 9.17) is 4.74 Å². The summed E-state index contributed by atoms with van der Waals surface area (Å²) in [6, 6.07) is 0. The second-order valence-electron chi connectivity index (χ2n) is 7.01. The van der Waals surface area contributed by atoms with Crippen molar-refractivity contribution in [3.05, 3.63) is 0 Å². The Balaban J connectivity index is 0. The van der Waals surface area contributed by atoms with E-state index in [1.165, 1.54) is 100 Å². The summed E-state index contributed by atoms with van der Waals surface area (Å²) < 4.78 is 5.65. The maximum Gasteiger partial charge on any atom is 0.199 e. The van der Waals surface area contributed by atoms with Crippen LogP contribution in [0.5, 0.6) is 0 Å². The molecule has 0 fully saturated rings. The van der Waals surface area contributed by atoms with Crippen molar-refractivity contribution >= 4 is 15.2 Å². The Morgan fingerprint density at radius 1 is 0.458 bits per heavy atom. The van der Waals surface area contributed by atoms with E-state index in [1.54, 1.807) is 0 Å². The minimum absolute atomic E-state index is 0.822. The summed E-state index contributed by atoms with van der Waals surface area (Å²) in [4.78, 5) is 0. The number of ether oxygens (including phenoxy) is 1. The van der Waals surface area contributed by atoms with Crippen LogP contribution in [-0.2, 0) is 4.74 Å². The van der Waals surface area contributed by atoms with E-state index in [9.17, 15) is 0 Å². The van der Waals surface area contributed by atoms with Gasteiger partial charge in [0.1, 0.15) is 0 Å². The van der Waals surface area contributed by atoms with Gasteiger partial charge in [-0.15, -0.1) is 10.6 Å². The van der Waals surface area contributed by atoms with Crippen LogP contribution in [0.3, 0.4) is 0 Å². The fraction of sp³-hybridized carbons (Fsp3) is 1.00. The Morgan fingerprint density at radius 2 is 0.833 bits per heavy atom. The maximum atomic E-state index is 5.65. The molecule has 0 N–H and O–H groups in total. The van der Waals surface area contributed by atoms with E-state index in [0.29, 0.717) is 0 Å². The average Bonchev–Trinajstić information content (AvgIpc) is 2.60. The van der Waals surface area contributed by atoms with Gasteiger partial charge in [0, 0.05) is 13.2 Å². The third-order valence-electron chi connectivity index (χ3n) is 4.27. The predicted molar refractivity (Wildman–Crippen MR) is 114 cm³/mol. The van der Waals surface area contributed by atoms with Crippen LogP contribution in [-0.4, -0.2) is 28.4 Å². The highest BCUT2D eigenvalue weighted by Gasteiger charge is 1.92. The topological polar surface area (TPSA) is 9.23 Å². The van der Waals surface area contributed by atoms with E-state index in [-0.39, 0.29) is 0 Å². The summed E-state index contributed by atoms with van der Waals surface area (Å²) in [5.74, 6) is 0. The van der Waals surface area contributed by atoms with Gasteiger partial charge in [0.2, 0.25) is 0 Å². The van der Waals surface area contributed by atoms with Crippen molar-refractivity contribution in [3.8, 4) is 0 Å². The summed E-state index contributed by atoms with van der Waals surface area (Å²) in [6.45, 7) is 11.0. The molecule has 0 amide bonds. The van der Waals surface area contributed by atoms with Crippen molar-refractivity contribution in [2.45, 2.75) is 128 Å². The highest BCUT2D eigenvalue weighted by molar-refractivity contribution is 6.35. The number of hydrogen-bond acceptors (Lipinski definition) is 1. The minimum atomic E-state index is 0.822. The van der Waals surface area contributed by atoms with E-state index in [1.807, 2.05) is 0 Å². The molecule has 0 bridgehead atoms. The van der Waals surface area contributed by atoms with Gasteiger partial charge < -0.3 is 4.74 Å². The molecule has 24 heavy (non-hydrogen) atoms. The highest BCUT2D eigenvalue weighted by atomic mass is 27.1. The van der Waals surface area contributed by atoms with Crippen molar-refractivity contribution in [2.75, 3.05) is 13.2 Å². The Morgan fingerprint density at radius 3 is 1.21 bits per heavy atom. The van der Waals surface area contributed by atoms with Crippen molar-refractivity contribution in [1.29, 1.82) is 0 Å². The van der Waals surface area contributed by atoms with Gasteiger partial charge in [-0.3, -0.25) is 0 Å². The Kier molecular flexibility index (Phi) is 31.5. The first kappa shape index (κ1) is 26.7. The summed E-state index contributed by atoms with van der Waals surface area (Å²) >= 11 is 0.822. The zero-order valence-corrected chi connectivity index (χ0v) is 18.9. The van der Waals surface area contributed by atoms with Crippen LogP contribution in [0.15, 0.2) is 0 Å². The lowest BCUT2D eigenvalue weighted by Gasteiger charge is -2.04. The van der Waals surface area contributed by atoms with Crippen molar-refractivity contribution in [3.63, 3.8) is 0 Å². The largest absolute Gasteiger partial charge is 0.381 e. The molecule has 0 saturated carbocycles. The van der Waals surface area contributed by atoms with Gasteiger partial charge >= 0.3 is 0 Å². The lowest BCUT2D eigenvalue weighted by molar-refractivity contribution is 0.125. The fourth-order valence-electron chi connectivity index (χ4n) is 2.62. The fourth-order valence-corrected chi connectivity index (χ4v) is 3.73. The summed E-state index contributed by atoms with van der Waals surface area (Å²) in [6.07, 6.45) is 19.1. The number of hydrogen-bond donors (Lipinski definition) is 0. The lowest BCUT2D eigenvalue weighted by atomic mass is 10.1. The van der Waals surface area contributed by atoms with Gasteiger partial charge in [-0.2, -0.15) is 0 Å². The van der Waals surface area contributed by atoms with Gasteiger partial charge in [-0.05, 0) is 12.8 Å². The molecular formula is C22H48AlO. The molecule has 0 atom stereocenters. The molecule has 0 aliphatic carbocycles. The molecule has 0 spiro atoms. The third-order valence-corrected chi connectivity index (χ3v) is 6.24. The Labute approximate surface area is 161 Å². The van der Waals surface area contributed by atoms with Crippen molar-refractivity contribution in [2.24, 2.45) is 0 Å². The molecule has 0 aromatic carbocycles. The molecular weight excluding hydrogens is 307 g/mol. The monoisotopic (exact) mass is 355 g/mol. The zero-order valence-electron chi connectivity index (χ0n) is 17.7. The first-order valence-corrected chi connectivity index (χ1v) is 12.9. The molecule has 0 saturated heterocycles. The normalized spacial score (nSPS) is 10.3. The van der Waals surface area contributed by atoms with Crippen LogP contribution in [0.1, 0.15) is 118 Å². The average molecular weight is 356 g/mol. The molecule has 0 aromatic heterocycles. The second-order valence-corrected chi connectivity index (χ2v) is 8.75. The van der Waals surface area contributed by atoms with Gasteiger partial charge in [0.15, 0.2) is 15.2 Å². The standard InChI is InChI=1S/C16H34O.2C3H7.Al/c1-3-5-7-9-11-13-15-17-16-14-12-10-8-6-4-2;2*1-3-2;/h3-16H2,1-2H3;2*1,3H2,2H3;. The molecule has 0 heterocycles. The Hall–Kier alpha value is 0.492. The summed E-state index contributed by atoms with van der Waals surface area (Å²) in [5.41, 5.74) is 0. The van der Waals surface area contributed by atoms with Gasteiger partial charge in [0.05, 0.1) is 0 Å². The van der Waals surface area contributed by atoms with E-state index >= 15 is 0 Å². The van der Waals surface area contributed by atoms with Gasteiger partial charge in [0.25, 0.3) is 0 Å². The third kappa shape index (κ3) is 30.4. The highest BCUT2D eigenvalue weighted by Crippen LogP contribution is 2.07. The quantitative estimate of drug-likeness (QED) is 0.178. The molecule has 1 radical (unpaired) electrons. The van der Waals surface area contributed by atoms with Gasteiger partial charge in [-0.1, -0.05) is 105 Å². The second kappa shape index (κ2) is 28.3. The minimum Gasteiger partial charge on any atom is -0.381 e. The lowest BCUT2D eigenvalue weighted by Crippen LogP contribution is -1.97. The SMILES string of the molecule is CCCCCCCCOCCCCCCCC.CC[CH2][Al][CH2]CC. The van der Waals surface area contributed by atoms with Gasteiger partial charge in [-0.25, -0.2) is 0 Å². The molecule has 0 aliphatic rings. The van der Waals surface area contributed by atoms with Crippen LogP contribution in [0.4, 0.5) is 0 Å². The Bertz CT molecular complexity index is 167. The van der Waals surface area contributed by atoms with E-state index < -0.39 is 0 Å².